The van der Waals surface area contributed by atoms with Gasteiger partial charge >= 0.3 is 12.4 Å². The molecule has 0 aromatic rings. The van der Waals surface area contributed by atoms with Gasteiger partial charge in [0, 0.05) is 13.2 Å². The number of hydrogen-bond acceptors (Lipinski definition) is 5. The van der Waals surface area contributed by atoms with E-state index in [-0.39, 0.29) is 51.7 Å². The molecule has 0 spiro atoms. The van der Waals surface area contributed by atoms with Crippen LogP contribution >= 0.6 is 0 Å². The zero-order valence-electron chi connectivity index (χ0n) is 18.7. The summed E-state index contributed by atoms with van der Waals surface area (Å²) in [4.78, 5) is 12.0. The second kappa shape index (κ2) is 15.8. The molecule has 0 bridgehead atoms. The Balaban J connectivity index is 4.20. The van der Waals surface area contributed by atoms with Crippen LogP contribution in [0.1, 0.15) is 78.1 Å². The molecule has 2 N–H and O–H groups in total. The molecule has 5 nitrogen and oxygen atoms in total. The van der Waals surface area contributed by atoms with Gasteiger partial charge in [0.2, 0.25) is 0 Å². The van der Waals surface area contributed by atoms with Gasteiger partial charge in [-0.25, -0.2) is 0 Å². The van der Waals surface area contributed by atoms with Gasteiger partial charge in [0.25, 0.3) is 0 Å². The fourth-order valence-electron chi connectivity index (χ4n) is 3.40. The van der Waals surface area contributed by atoms with Gasteiger partial charge in [-0.15, -0.1) is 0 Å². The van der Waals surface area contributed by atoms with E-state index in [0.717, 1.165) is 0 Å². The van der Waals surface area contributed by atoms with E-state index in [1.54, 1.807) is 13.8 Å². The molecule has 0 radical (unpaired) electrons. The van der Waals surface area contributed by atoms with Crippen LogP contribution in [0.2, 0.25) is 0 Å². The van der Waals surface area contributed by atoms with E-state index >= 15 is 0 Å². The number of aliphatic hydroxyl groups excluding tert-OH is 2. The summed E-state index contributed by atoms with van der Waals surface area (Å²) in [5, 5.41) is 19.8. The second-order valence-electron chi connectivity index (χ2n) is 7.80. The zero-order valence-corrected chi connectivity index (χ0v) is 18.7. The van der Waals surface area contributed by atoms with E-state index in [2.05, 4.69) is 0 Å². The number of unbranched alkanes of at least 4 members (excludes halogenated alkanes) is 2. The van der Waals surface area contributed by atoms with Crippen LogP contribution in [-0.2, 0) is 14.3 Å². The Bertz CT molecular complexity index is 456. The number of carbonyl (C=O) groups is 1. The summed E-state index contributed by atoms with van der Waals surface area (Å²) >= 11 is 0. The van der Waals surface area contributed by atoms with E-state index in [4.69, 9.17) is 9.47 Å². The maximum atomic E-state index is 12.5. The van der Waals surface area contributed by atoms with Crippen LogP contribution in [0.25, 0.3) is 0 Å². The first kappa shape index (κ1) is 31.1. The van der Waals surface area contributed by atoms with Crippen LogP contribution in [0.4, 0.5) is 26.3 Å². The van der Waals surface area contributed by atoms with Crippen molar-refractivity contribution in [1.82, 2.24) is 0 Å². The second-order valence-corrected chi connectivity index (χ2v) is 7.80. The molecular formula is C21H36F6O5. The molecule has 0 heterocycles. The van der Waals surface area contributed by atoms with E-state index < -0.39 is 55.4 Å². The molecule has 0 aromatic carbocycles. The van der Waals surface area contributed by atoms with Crippen molar-refractivity contribution < 1.29 is 50.8 Å². The SMILES string of the molecule is CCOC(CCCC[C@H](O)C(=O)[C@@H](O)CCCCC(CC(F)(F)F)OCC)CC(F)(F)F. The lowest BCUT2D eigenvalue weighted by atomic mass is 9.98. The first-order chi connectivity index (χ1) is 14.8. The number of Topliss-reactive ketones (excluding diaryl/α,β-unsaturated/α-hetero) is 1. The van der Waals surface area contributed by atoms with Crippen LogP contribution < -0.4 is 0 Å². The summed E-state index contributed by atoms with van der Waals surface area (Å²) in [7, 11) is 0. The largest absolute Gasteiger partial charge is 0.391 e. The smallest absolute Gasteiger partial charge is 0.385 e. The molecule has 0 aromatic heterocycles. The van der Waals surface area contributed by atoms with Gasteiger partial charge in [0.05, 0.1) is 25.0 Å². The average Bonchev–Trinajstić information content (AvgIpc) is 2.65. The Morgan fingerprint density at radius 2 is 1.00 bits per heavy atom. The Morgan fingerprint density at radius 3 is 1.28 bits per heavy atom. The van der Waals surface area contributed by atoms with Gasteiger partial charge < -0.3 is 19.7 Å². The monoisotopic (exact) mass is 482 g/mol. The first-order valence-electron chi connectivity index (χ1n) is 11.1. The number of aliphatic hydroxyl groups is 2. The molecule has 0 saturated carbocycles. The Morgan fingerprint density at radius 1 is 0.688 bits per heavy atom. The Hall–Kier alpha value is -0.910. The number of ether oxygens (including phenoxy) is 2. The highest BCUT2D eigenvalue weighted by Crippen LogP contribution is 2.27. The van der Waals surface area contributed by atoms with Gasteiger partial charge in [0.1, 0.15) is 12.2 Å². The lowest BCUT2D eigenvalue weighted by Gasteiger charge is -2.20. The number of halogens is 6. The van der Waals surface area contributed by atoms with Crippen molar-refractivity contribution >= 4 is 5.78 Å². The van der Waals surface area contributed by atoms with Crippen LogP contribution in [0.5, 0.6) is 0 Å². The summed E-state index contributed by atoms with van der Waals surface area (Å²) in [6.07, 6.45) is -14.2. The van der Waals surface area contributed by atoms with Gasteiger partial charge in [-0.1, -0.05) is 25.7 Å². The standard InChI is InChI=1S/C21H36F6O5/c1-3-31-15(13-20(22,23)24)9-5-7-11-17(28)19(30)18(29)12-8-6-10-16(32-4-2)14-21(25,26)27/h15-18,28-29H,3-14H2,1-2H3/t15?,16?,17-,18-/m0/s1. The quantitative estimate of drug-likeness (QED) is 0.210. The van der Waals surface area contributed by atoms with Gasteiger partial charge in [-0.05, 0) is 39.5 Å². The molecular weight excluding hydrogens is 446 g/mol. The topological polar surface area (TPSA) is 76.0 Å². The predicted molar refractivity (Wildman–Crippen MR) is 106 cm³/mol. The molecule has 0 rings (SSSR count). The summed E-state index contributed by atoms with van der Waals surface area (Å²) in [6.45, 7) is 3.49. The molecule has 0 fully saturated rings. The van der Waals surface area contributed by atoms with Gasteiger partial charge in [-0.2, -0.15) is 26.3 Å². The minimum atomic E-state index is -4.34. The molecule has 2 unspecified atom stereocenters. The predicted octanol–water partition coefficient (Wildman–Crippen LogP) is 5.11. The third kappa shape index (κ3) is 16.7. The third-order valence-electron chi connectivity index (χ3n) is 4.89. The fraction of sp³-hybridized carbons (Fsp3) is 0.952. The lowest BCUT2D eigenvalue weighted by Crippen LogP contribution is -2.32. The third-order valence-corrected chi connectivity index (χ3v) is 4.89. The number of hydrogen-bond donors (Lipinski definition) is 2. The molecule has 0 amide bonds. The number of rotatable bonds is 18. The molecule has 0 aliphatic rings. The van der Waals surface area contributed by atoms with Gasteiger partial charge in [0.15, 0.2) is 5.78 Å². The van der Waals surface area contributed by atoms with Crippen molar-refractivity contribution in [3.63, 3.8) is 0 Å². The molecule has 0 aliphatic heterocycles. The van der Waals surface area contributed by atoms with E-state index in [1.165, 1.54) is 0 Å². The van der Waals surface area contributed by atoms with Crippen molar-refractivity contribution in [2.75, 3.05) is 13.2 Å². The maximum Gasteiger partial charge on any atom is 0.391 e. The van der Waals surface area contributed by atoms with Crippen LogP contribution in [0.15, 0.2) is 0 Å². The maximum absolute atomic E-state index is 12.5. The van der Waals surface area contributed by atoms with E-state index in [1.807, 2.05) is 0 Å². The van der Waals surface area contributed by atoms with Crippen molar-refractivity contribution in [2.45, 2.75) is 115 Å². The molecule has 0 saturated heterocycles. The minimum Gasteiger partial charge on any atom is -0.385 e. The lowest BCUT2D eigenvalue weighted by molar-refractivity contribution is -0.162. The normalized spacial score (nSPS) is 16.6. The molecule has 4 atom stereocenters. The average molecular weight is 483 g/mol. The highest BCUT2D eigenvalue weighted by Gasteiger charge is 2.33. The van der Waals surface area contributed by atoms with E-state index in [0.29, 0.717) is 12.8 Å². The fourth-order valence-corrected chi connectivity index (χ4v) is 3.40. The Labute approximate surface area is 185 Å². The van der Waals surface area contributed by atoms with Crippen molar-refractivity contribution in [2.24, 2.45) is 0 Å². The van der Waals surface area contributed by atoms with Crippen molar-refractivity contribution in [3.8, 4) is 0 Å². The highest BCUT2D eigenvalue weighted by molar-refractivity contribution is 5.86. The van der Waals surface area contributed by atoms with Crippen LogP contribution in [0.3, 0.4) is 0 Å². The number of alkyl halides is 6. The summed E-state index contributed by atoms with van der Waals surface area (Å²) < 4.78 is 85.1. The summed E-state index contributed by atoms with van der Waals surface area (Å²) in [5.74, 6) is -0.793. The van der Waals surface area contributed by atoms with Crippen LogP contribution in [-0.4, -0.2) is 66.0 Å². The van der Waals surface area contributed by atoms with Crippen molar-refractivity contribution in [1.29, 1.82) is 0 Å². The van der Waals surface area contributed by atoms with Gasteiger partial charge in [-0.3, -0.25) is 4.79 Å². The minimum absolute atomic E-state index is 0.00124. The molecule has 32 heavy (non-hydrogen) atoms. The number of carbonyl (C=O) groups excluding carboxylic acids is 1. The molecule has 11 heteroatoms. The zero-order chi connectivity index (χ0) is 24.8. The van der Waals surface area contributed by atoms with Crippen LogP contribution in [0, 0.1) is 0 Å². The highest BCUT2D eigenvalue weighted by atomic mass is 19.4. The first-order valence-corrected chi connectivity index (χ1v) is 11.1. The van der Waals surface area contributed by atoms with Crippen molar-refractivity contribution in [3.05, 3.63) is 0 Å². The Kier molecular flexibility index (Phi) is 15.4. The van der Waals surface area contributed by atoms with E-state index in [9.17, 15) is 41.4 Å². The number of ketones is 1. The summed E-state index contributed by atoms with van der Waals surface area (Å²) in [5.41, 5.74) is 0. The summed E-state index contributed by atoms with van der Waals surface area (Å²) in [6, 6.07) is 0. The molecule has 0 aliphatic carbocycles. The molecule has 192 valence electrons.